The smallest absolute Gasteiger partial charge is 0.247 e. The summed E-state index contributed by atoms with van der Waals surface area (Å²) in [5.74, 6) is 0.298. The molecule has 0 bridgehead atoms. The maximum atomic E-state index is 13.4. The second kappa shape index (κ2) is 9.96. The Morgan fingerprint density at radius 3 is 2.48 bits per heavy atom. The summed E-state index contributed by atoms with van der Waals surface area (Å²) >= 11 is 0. The van der Waals surface area contributed by atoms with E-state index in [0.717, 1.165) is 11.1 Å². The maximum absolute atomic E-state index is 13.4. The predicted molar refractivity (Wildman–Crippen MR) is 124 cm³/mol. The summed E-state index contributed by atoms with van der Waals surface area (Å²) in [7, 11) is 0.132. The lowest BCUT2D eigenvalue weighted by Gasteiger charge is -2.37. The van der Waals surface area contributed by atoms with E-state index in [1.807, 2.05) is 68.4 Å². The number of sulfonamides is 1. The van der Waals surface area contributed by atoms with Gasteiger partial charge in [0.25, 0.3) is 0 Å². The van der Waals surface area contributed by atoms with Crippen molar-refractivity contribution in [3.05, 3.63) is 59.7 Å². The molecule has 0 spiro atoms. The van der Waals surface area contributed by atoms with Crippen molar-refractivity contribution in [1.29, 1.82) is 0 Å². The van der Waals surface area contributed by atoms with Crippen molar-refractivity contribution in [3.63, 3.8) is 0 Å². The third kappa shape index (κ3) is 5.54. The van der Waals surface area contributed by atoms with Gasteiger partial charge >= 0.3 is 0 Å². The number of likely N-dealkylation sites (N-methyl/N-ethyl adjacent to an activating group) is 1. The molecule has 31 heavy (non-hydrogen) atoms. The van der Waals surface area contributed by atoms with Gasteiger partial charge in [-0.1, -0.05) is 55.5 Å². The lowest BCUT2D eigenvalue weighted by atomic mass is 10.0. The molecule has 0 aromatic heterocycles. The lowest BCUT2D eigenvalue weighted by Crippen LogP contribution is -2.49. The van der Waals surface area contributed by atoms with Gasteiger partial charge in [-0.15, -0.1) is 0 Å². The molecular weight excluding hydrogens is 412 g/mol. The van der Waals surface area contributed by atoms with Crippen LogP contribution in [0, 0.1) is 5.92 Å². The van der Waals surface area contributed by atoms with Gasteiger partial charge in [-0.05, 0) is 44.3 Å². The van der Waals surface area contributed by atoms with Crippen LogP contribution in [-0.2, 0) is 10.0 Å². The number of fused-ring (bicyclic) bond motifs is 1. The number of hydrogen-bond donors (Lipinski definition) is 1. The van der Waals surface area contributed by atoms with Crippen molar-refractivity contribution < 1.29 is 18.3 Å². The quantitative estimate of drug-likeness (QED) is 0.693. The van der Waals surface area contributed by atoms with Crippen LogP contribution in [0.15, 0.2) is 53.4 Å². The summed E-state index contributed by atoms with van der Waals surface area (Å²) in [5.41, 5.74) is 1.92. The lowest BCUT2D eigenvalue weighted by molar-refractivity contribution is 0.0812. The van der Waals surface area contributed by atoms with Gasteiger partial charge in [0.1, 0.15) is 16.7 Å². The number of hydrogen-bond acceptors (Lipinski definition) is 5. The molecule has 0 aliphatic carbocycles. The Kier molecular flexibility index (Phi) is 7.54. The predicted octanol–water partition coefficient (Wildman–Crippen LogP) is 3.19. The fourth-order valence-electron chi connectivity index (χ4n) is 3.68. The molecule has 0 unspecified atom stereocenters. The normalized spacial score (nSPS) is 22.5. The number of ether oxygens (including phenoxy) is 1. The SMILES string of the molecule is C[C@@H]1CN([C@@H](C)CO)S(=O)(=O)c2ccc(/C=C/c3ccccc3)cc2O[C@H]1CN(C)C. The minimum atomic E-state index is -3.81. The minimum absolute atomic E-state index is 0.0529. The highest BCUT2D eigenvalue weighted by molar-refractivity contribution is 7.89. The summed E-state index contributed by atoms with van der Waals surface area (Å²) in [5, 5.41) is 9.69. The number of aliphatic hydroxyl groups is 1. The van der Waals surface area contributed by atoms with Crippen LogP contribution in [0.25, 0.3) is 12.2 Å². The van der Waals surface area contributed by atoms with Gasteiger partial charge in [0.2, 0.25) is 10.0 Å². The van der Waals surface area contributed by atoms with Gasteiger partial charge in [0.15, 0.2) is 0 Å². The first kappa shape index (κ1) is 23.5. The second-order valence-corrected chi connectivity index (χ2v) is 10.3. The van der Waals surface area contributed by atoms with E-state index in [2.05, 4.69) is 0 Å². The molecule has 2 aromatic carbocycles. The molecule has 0 fully saturated rings. The van der Waals surface area contributed by atoms with E-state index in [4.69, 9.17) is 4.74 Å². The maximum Gasteiger partial charge on any atom is 0.247 e. The Labute approximate surface area is 185 Å². The molecule has 1 aliphatic rings. The van der Waals surface area contributed by atoms with E-state index in [9.17, 15) is 13.5 Å². The highest BCUT2D eigenvalue weighted by Gasteiger charge is 2.37. The van der Waals surface area contributed by atoms with Crippen molar-refractivity contribution in [2.24, 2.45) is 5.92 Å². The molecule has 6 nitrogen and oxygen atoms in total. The average molecular weight is 445 g/mol. The van der Waals surface area contributed by atoms with Crippen molar-refractivity contribution in [2.45, 2.75) is 30.9 Å². The summed E-state index contributed by atoms with van der Waals surface area (Å²) < 4.78 is 34.6. The first-order valence-electron chi connectivity index (χ1n) is 10.5. The number of benzene rings is 2. The van der Waals surface area contributed by atoms with Crippen LogP contribution in [0.5, 0.6) is 5.75 Å². The van der Waals surface area contributed by atoms with Gasteiger partial charge in [-0.3, -0.25) is 0 Å². The third-order valence-corrected chi connectivity index (χ3v) is 7.52. The molecule has 0 saturated carbocycles. The van der Waals surface area contributed by atoms with E-state index in [1.165, 1.54) is 4.31 Å². The summed E-state index contributed by atoms with van der Waals surface area (Å²) in [6, 6.07) is 14.6. The Bertz CT molecular complexity index is 1010. The Hall–Kier alpha value is -2.19. The Morgan fingerprint density at radius 2 is 1.84 bits per heavy atom. The number of rotatable bonds is 6. The minimum Gasteiger partial charge on any atom is -0.487 e. The molecule has 1 aliphatic heterocycles. The molecule has 168 valence electrons. The van der Waals surface area contributed by atoms with Crippen LogP contribution in [0.2, 0.25) is 0 Å². The van der Waals surface area contributed by atoms with Crippen LogP contribution < -0.4 is 4.74 Å². The zero-order chi connectivity index (χ0) is 22.6. The van der Waals surface area contributed by atoms with Crippen molar-refractivity contribution in [3.8, 4) is 5.75 Å². The molecule has 2 aromatic rings. The molecule has 1 N–H and O–H groups in total. The van der Waals surface area contributed by atoms with Crippen molar-refractivity contribution in [1.82, 2.24) is 9.21 Å². The summed E-state index contributed by atoms with van der Waals surface area (Å²) in [4.78, 5) is 2.18. The van der Waals surface area contributed by atoms with E-state index >= 15 is 0 Å². The highest BCUT2D eigenvalue weighted by Crippen LogP contribution is 2.34. The van der Waals surface area contributed by atoms with E-state index < -0.39 is 16.1 Å². The Morgan fingerprint density at radius 1 is 1.16 bits per heavy atom. The zero-order valence-electron chi connectivity index (χ0n) is 18.6. The van der Waals surface area contributed by atoms with E-state index in [0.29, 0.717) is 12.3 Å². The van der Waals surface area contributed by atoms with Crippen LogP contribution in [0.4, 0.5) is 0 Å². The standard InChI is InChI=1S/C24H32N2O4S/c1-18-15-26(19(2)17-27)31(28,29)24-13-12-21(11-10-20-8-6-5-7-9-20)14-22(24)30-23(18)16-25(3)4/h5-14,18-19,23,27H,15-17H2,1-4H3/b11-10+/t18-,19+,23+/m1/s1. The summed E-state index contributed by atoms with van der Waals surface area (Å²) in [6.07, 6.45) is 3.74. The molecule has 0 radical (unpaired) electrons. The van der Waals surface area contributed by atoms with Gasteiger partial charge < -0.3 is 14.7 Å². The zero-order valence-corrected chi connectivity index (χ0v) is 19.4. The average Bonchev–Trinajstić information content (AvgIpc) is 2.74. The fourth-order valence-corrected chi connectivity index (χ4v) is 5.51. The van der Waals surface area contributed by atoms with Gasteiger partial charge in [0, 0.05) is 25.0 Å². The van der Waals surface area contributed by atoms with E-state index in [1.54, 1.807) is 25.1 Å². The van der Waals surface area contributed by atoms with E-state index in [-0.39, 0.29) is 30.1 Å². The van der Waals surface area contributed by atoms with Gasteiger partial charge in [-0.25, -0.2) is 8.42 Å². The van der Waals surface area contributed by atoms with Gasteiger partial charge in [-0.2, -0.15) is 4.31 Å². The summed E-state index contributed by atoms with van der Waals surface area (Å²) in [6.45, 7) is 4.43. The van der Waals surface area contributed by atoms with Crippen LogP contribution >= 0.6 is 0 Å². The van der Waals surface area contributed by atoms with Gasteiger partial charge in [0.05, 0.1) is 6.61 Å². The molecular formula is C24H32N2O4S. The molecule has 1 heterocycles. The topological polar surface area (TPSA) is 70.1 Å². The first-order valence-corrected chi connectivity index (χ1v) is 12.0. The first-order chi connectivity index (χ1) is 14.7. The molecule has 0 amide bonds. The van der Waals surface area contributed by atoms with Crippen LogP contribution in [0.3, 0.4) is 0 Å². The van der Waals surface area contributed by atoms with Crippen molar-refractivity contribution >= 4 is 22.2 Å². The molecule has 0 saturated heterocycles. The monoisotopic (exact) mass is 444 g/mol. The molecule has 3 rings (SSSR count). The largest absolute Gasteiger partial charge is 0.487 e. The van der Waals surface area contributed by atoms with Crippen LogP contribution in [-0.4, -0.2) is 68.7 Å². The number of aliphatic hydroxyl groups excluding tert-OH is 1. The van der Waals surface area contributed by atoms with Crippen LogP contribution in [0.1, 0.15) is 25.0 Å². The second-order valence-electron chi connectivity index (χ2n) is 8.45. The Balaban J connectivity index is 2.05. The highest BCUT2D eigenvalue weighted by atomic mass is 32.2. The number of nitrogens with zero attached hydrogens (tertiary/aromatic N) is 2. The molecule has 3 atom stereocenters. The molecule has 7 heteroatoms. The van der Waals surface area contributed by atoms with Crippen molar-refractivity contribution in [2.75, 3.05) is 33.8 Å². The third-order valence-electron chi connectivity index (χ3n) is 5.50. The fraction of sp³-hybridized carbons (Fsp3) is 0.417.